The van der Waals surface area contributed by atoms with Crippen molar-refractivity contribution >= 4 is 11.7 Å². The van der Waals surface area contributed by atoms with Crippen molar-refractivity contribution in [2.75, 3.05) is 5.73 Å². The van der Waals surface area contributed by atoms with Crippen molar-refractivity contribution in [3.63, 3.8) is 0 Å². The zero-order valence-electron chi connectivity index (χ0n) is 9.52. The third kappa shape index (κ3) is 1.73. The zero-order valence-corrected chi connectivity index (χ0v) is 9.52. The fourth-order valence-corrected chi connectivity index (χ4v) is 1.87. The molecule has 0 amide bonds. The summed E-state index contributed by atoms with van der Waals surface area (Å²) in [5.74, 6) is 0.490. The van der Waals surface area contributed by atoms with Crippen molar-refractivity contribution in [2.24, 2.45) is 0 Å². The number of anilines is 1. The third-order valence-corrected chi connectivity index (χ3v) is 2.69. The van der Waals surface area contributed by atoms with Crippen LogP contribution in [0.5, 0.6) is 0 Å². The number of nitrogens with two attached hydrogens (primary N) is 1. The van der Waals surface area contributed by atoms with Gasteiger partial charge in [-0.05, 0) is 5.56 Å². The molecule has 0 radical (unpaired) electrons. The van der Waals surface area contributed by atoms with Gasteiger partial charge in [-0.15, -0.1) is 0 Å². The summed E-state index contributed by atoms with van der Waals surface area (Å²) in [4.78, 5) is 19.3. The first-order chi connectivity index (χ1) is 8.74. The van der Waals surface area contributed by atoms with Gasteiger partial charge in [-0.3, -0.25) is 0 Å². The molecule has 3 aromatic rings. The normalized spacial score (nSPS) is 10.9. The number of nitrogen functional groups attached to an aromatic ring is 1. The van der Waals surface area contributed by atoms with Gasteiger partial charge in [-0.25, -0.2) is 9.20 Å². The molecule has 2 N–H and O–H groups in total. The molecule has 0 aliphatic rings. The molecule has 0 aliphatic carbocycles. The highest BCUT2D eigenvalue weighted by molar-refractivity contribution is 5.35. The van der Waals surface area contributed by atoms with Gasteiger partial charge >= 0.3 is 5.69 Å². The summed E-state index contributed by atoms with van der Waals surface area (Å²) in [7, 11) is 0. The first kappa shape index (κ1) is 10.5. The molecule has 0 saturated heterocycles. The molecular weight excluding hydrogens is 230 g/mol. The average molecular weight is 241 g/mol. The number of rotatable bonds is 2. The molecule has 2 heterocycles. The van der Waals surface area contributed by atoms with E-state index in [9.17, 15) is 4.79 Å². The largest absolute Gasteiger partial charge is 0.368 e. The fourth-order valence-electron chi connectivity index (χ4n) is 1.87. The zero-order chi connectivity index (χ0) is 12.5. The van der Waals surface area contributed by atoms with Gasteiger partial charge < -0.3 is 10.3 Å². The molecule has 0 atom stereocenters. The van der Waals surface area contributed by atoms with Gasteiger partial charge in [0.2, 0.25) is 11.7 Å². The van der Waals surface area contributed by atoms with Crippen LogP contribution in [-0.2, 0) is 6.54 Å². The van der Waals surface area contributed by atoms with Crippen molar-refractivity contribution in [3.8, 4) is 0 Å². The molecule has 0 aliphatic heterocycles. The highest BCUT2D eigenvalue weighted by Gasteiger charge is 2.06. The third-order valence-electron chi connectivity index (χ3n) is 2.69. The lowest BCUT2D eigenvalue weighted by Crippen LogP contribution is -2.19. The van der Waals surface area contributed by atoms with Crippen molar-refractivity contribution in [3.05, 3.63) is 58.8 Å². The molecule has 0 fully saturated rings. The van der Waals surface area contributed by atoms with E-state index in [1.807, 2.05) is 34.9 Å². The molecule has 0 spiro atoms. The summed E-state index contributed by atoms with van der Waals surface area (Å²) < 4.78 is 3.23. The molecule has 0 bridgehead atoms. The van der Waals surface area contributed by atoms with Crippen LogP contribution in [0.4, 0.5) is 5.95 Å². The van der Waals surface area contributed by atoms with Crippen LogP contribution < -0.4 is 11.4 Å². The Morgan fingerprint density at radius 2 is 1.89 bits per heavy atom. The molecule has 6 nitrogen and oxygen atoms in total. The van der Waals surface area contributed by atoms with Crippen molar-refractivity contribution < 1.29 is 0 Å². The van der Waals surface area contributed by atoms with Crippen molar-refractivity contribution in [1.82, 2.24) is 18.9 Å². The topological polar surface area (TPSA) is 78.2 Å². The van der Waals surface area contributed by atoms with Gasteiger partial charge in [0, 0.05) is 12.4 Å². The van der Waals surface area contributed by atoms with E-state index in [1.165, 1.54) is 4.40 Å². The van der Waals surface area contributed by atoms with Crippen LogP contribution in [0.3, 0.4) is 0 Å². The van der Waals surface area contributed by atoms with Gasteiger partial charge in [-0.1, -0.05) is 30.3 Å². The second-order valence-electron chi connectivity index (χ2n) is 3.95. The number of nitrogens with zero attached hydrogens (tertiary/aromatic N) is 4. The Morgan fingerprint density at radius 3 is 2.67 bits per heavy atom. The predicted octanol–water partition coefficient (Wildman–Crippen LogP) is 0.521. The van der Waals surface area contributed by atoms with Crippen LogP contribution in [0, 0.1) is 0 Å². The van der Waals surface area contributed by atoms with Gasteiger partial charge in [0.05, 0.1) is 6.54 Å². The van der Waals surface area contributed by atoms with Crippen LogP contribution in [0.15, 0.2) is 47.5 Å². The first-order valence-electron chi connectivity index (χ1n) is 5.49. The summed E-state index contributed by atoms with van der Waals surface area (Å²) in [6.45, 7) is 0.632. The number of hydrogen-bond acceptors (Lipinski definition) is 4. The smallest absolute Gasteiger partial charge is 0.357 e. The predicted molar refractivity (Wildman–Crippen MR) is 67.2 cm³/mol. The Morgan fingerprint density at radius 1 is 1.11 bits per heavy atom. The molecule has 1 aromatic carbocycles. The van der Waals surface area contributed by atoms with Gasteiger partial charge in [0.25, 0.3) is 0 Å². The van der Waals surface area contributed by atoms with E-state index >= 15 is 0 Å². The van der Waals surface area contributed by atoms with Crippen LogP contribution in [0.1, 0.15) is 5.56 Å². The molecule has 18 heavy (non-hydrogen) atoms. The maximum Gasteiger partial charge on any atom is 0.357 e. The van der Waals surface area contributed by atoms with E-state index in [4.69, 9.17) is 5.73 Å². The summed E-state index contributed by atoms with van der Waals surface area (Å²) in [6.07, 6.45) is 3.43. The number of benzene rings is 1. The Bertz CT molecular complexity index is 744. The Labute approximate surface area is 102 Å². The van der Waals surface area contributed by atoms with E-state index in [1.54, 1.807) is 12.4 Å². The summed E-state index contributed by atoms with van der Waals surface area (Å²) in [5, 5.41) is 0. The number of fused-ring (bicyclic) bond motifs is 1. The molecule has 3 rings (SSSR count). The highest BCUT2D eigenvalue weighted by Crippen LogP contribution is 2.06. The maximum atomic E-state index is 11.6. The highest BCUT2D eigenvalue weighted by atomic mass is 16.1. The van der Waals surface area contributed by atoms with Gasteiger partial charge in [0.1, 0.15) is 0 Å². The summed E-state index contributed by atoms with van der Waals surface area (Å²) >= 11 is 0. The standard InChI is InChI=1S/C12H11N5O/c13-10-14-11-16(6-7-17(11)12(18)15-10)8-9-4-2-1-3-5-9/h1-7H,8H2,(H2,13,15,18). The summed E-state index contributed by atoms with van der Waals surface area (Å²) in [5.41, 5.74) is 6.21. The maximum absolute atomic E-state index is 11.6. The molecule has 0 unspecified atom stereocenters. The quantitative estimate of drug-likeness (QED) is 0.709. The fraction of sp³-hybridized carbons (Fsp3) is 0.0833. The SMILES string of the molecule is Nc1nc(=O)n2ccn(Cc3ccccc3)c2n1. The minimum Gasteiger partial charge on any atom is -0.368 e. The number of imidazole rings is 1. The van der Waals surface area contributed by atoms with E-state index in [0.717, 1.165) is 5.56 Å². The van der Waals surface area contributed by atoms with Gasteiger partial charge in [-0.2, -0.15) is 9.97 Å². The second kappa shape index (κ2) is 3.99. The van der Waals surface area contributed by atoms with E-state index in [2.05, 4.69) is 9.97 Å². The molecular formula is C12H11N5O. The van der Waals surface area contributed by atoms with Crippen molar-refractivity contribution in [1.29, 1.82) is 0 Å². The summed E-state index contributed by atoms with van der Waals surface area (Å²) in [6, 6.07) is 9.92. The number of hydrogen-bond donors (Lipinski definition) is 1. The number of aromatic nitrogens is 4. The van der Waals surface area contributed by atoms with E-state index in [0.29, 0.717) is 12.3 Å². The minimum atomic E-state index is -0.413. The molecule has 2 aromatic heterocycles. The molecule has 90 valence electrons. The van der Waals surface area contributed by atoms with Crippen LogP contribution in [0.25, 0.3) is 5.78 Å². The lowest BCUT2D eigenvalue weighted by Gasteiger charge is -2.04. The monoisotopic (exact) mass is 241 g/mol. The molecule has 6 heteroatoms. The average Bonchev–Trinajstić information content (AvgIpc) is 2.74. The Kier molecular flexibility index (Phi) is 2.33. The molecule has 0 saturated carbocycles. The van der Waals surface area contributed by atoms with E-state index < -0.39 is 5.69 Å². The minimum absolute atomic E-state index is 0.00647. The van der Waals surface area contributed by atoms with Crippen molar-refractivity contribution in [2.45, 2.75) is 6.54 Å². The Balaban J connectivity index is 2.11. The van der Waals surface area contributed by atoms with Crippen LogP contribution >= 0.6 is 0 Å². The van der Waals surface area contributed by atoms with Crippen LogP contribution in [0.2, 0.25) is 0 Å². The second-order valence-corrected chi connectivity index (χ2v) is 3.95. The lowest BCUT2D eigenvalue weighted by atomic mass is 10.2. The van der Waals surface area contributed by atoms with E-state index in [-0.39, 0.29) is 5.95 Å². The lowest BCUT2D eigenvalue weighted by molar-refractivity contribution is 0.802. The first-order valence-corrected chi connectivity index (χ1v) is 5.49. The Hall–Kier alpha value is -2.63. The van der Waals surface area contributed by atoms with Crippen LogP contribution in [-0.4, -0.2) is 18.9 Å². The van der Waals surface area contributed by atoms with Gasteiger partial charge in [0.15, 0.2) is 0 Å².